The molecule has 1 aliphatic carbocycles. The van der Waals surface area contributed by atoms with Gasteiger partial charge in [-0.2, -0.15) is 0 Å². The molecule has 0 amide bonds. The molecule has 0 spiro atoms. The Morgan fingerprint density at radius 2 is 2.24 bits per heavy atom. The molecule has 0 saturated heterocycles. The predicted octanol–water partition coefficient (Wildman–Crippen LogP) is 2.68. The third-order valence-corrected chi connectivity index (χ3v) is 3.33. The summed E-state index contributed by atoms with van der Waals surface area (Å²) in [6.45, 7) is 5.40. The largest absolute Gasteiger partial charge is 0.504 e. The number of nitrogens with one attached hydrogen (secondary N) is 1. The molecule has 0 aromatic heterocycles. The van der Waals surface area contributed by atoms with Gasteiger partial charge in [0, 0.05) is 18.2 Å². The Morgan fingerprint density at radius 3 is 2.88 bits per heavy atom. The number of hydrogen-bond donors (Lipinski definition) is 2. The van der Waals surface area contributed by atoms with Gasteiger partial charge in [0.2, 0.25) is 0 Å². The highest BCUT2D eigenvalue weighted by Gasteiger charge is 2.27. The molecule has 3 heteroatoms. The van der Waals surface area contributed by atoms with E-state index in [0.717, 1.165) is 11.5 Å². The summed E-state index contributed by atoms with van der Waals surface area (Å²) in [6, 6.07) is 6.19. The summed E-state index contributed by atoms with van der Waals surface area (Å²) < 4.78 is 5.37. The molecule has 1 unspecified atom stereocenters. The van der Waals surface area contributed by atoms with Gasteiger partial charge in [0.1, 0.15) is 0 Å². The lowest BCUT2D eigenvalue weighted by Crippen LogP contribution is -2.27. The number of ether oxygens (including phenoxy) is 1. The Balaban J connectivity index is 1.96. The maximum absolute atomic E-state index is 10.0. The van der Waals surface area contributed by atoms with Crippen molar-refractivity contribution in [2.75, 3.05) is 6.61 Å². The predicted molar refractivity (Wildman–Crippen MR) is 68.3 cm³/mol. The van der Waals surface area contributed by atoms with Crippen LogP contribution in [0.25, 0.3) is 0 Å². The molecule has 2 rings (SSSR count). The van der Waals surface area contributed by atoms with Gasteiger partial charge in [-0.3, -0.25) is 0 Å². The molecule has 1 fully saturated rings. The fourth-order valence-corrected chi connectivity index (χ4v) is 2.02. The lowest BCUT2D eigenvalue weighted by molar-refractivity contribution is 0.316. The zero-order valence-electron chi connectivity index (χ0n) is 10.6. The molecule has 0 aliphatic heterocycles. The molecule has 0 radical (unpaired) electrons. The Kier molecular flexibility index (Phi) is 3.89. The maximum atomic E-state index is 10.0. The lowest BCUT2D eigenvalue weighted by Gasteiger charge is -2.14. The Hall–Kier alpha value is -1.22. The fourth-order valence-electron chi connectivity index (χ4n) is 2.02. The second kappa shape index (κ2) is 5.41. The van der Waals surface area contributed by atoms with Crippen LogP contribution in [0.2, 0.25) is 0 Å². The van der Waals surface area contributed by atoms with Crippen molar-refractivity contribution >= 4 is 0 Å². The number of phenols is 1. The molecular weight excluding hydrogens is 214 g/mol. The molecule has 94 valence electrons. The second-order valence-electron chi connectivity index (χ2n) is 4.70. The van der Waals surface area contributed by atoms with Crippen molar-refractivity contribution in [3.63, 3.8) is 0 Å². The highest BCUT2D eigenvalue weighted by atomic mass is 16.5. The SMILES string of the molecule is CCOc1cccc(CNC(C)C2CC2)c1O. The van der Waals surface area contributed by atoms with E-state index < -0.39 is 0 Å². The highest BCUT2D eigenvalue weighted by Crippen LogP contribution is 2.33. The van der Waals surface area contributed by atoms with Crippen molar-refractivity contribution in [3.05, 3.63) is 23.8 Å². The van der Waals surface area contributed by atoms with Gasteiger partial charge in [-0.1, -0.05) is 12.1 Å². The molecule has 2 N–H and O–H groups in total. The summed E-state index contributed by atoms with van der Waals surface area (Å²) in [5.41, 5.74) is 0.906. The standard InChI is InChI=1S/C14H21NO2/c1-3-17-13-6-4-5-12(14(13)16)9-15-10(2)11-7-8-11/h4-6,10-11,15-16H,3,7-9H2,1-2H3. The molecule has 1 saturated carbocycles. The smallest absolute Gasteiger partial charge is 0.162 e. The fraction of sp³-hybridized carbons (Fsp3) is 0.571. The van der Waals surface area contributed by atoms with Gasteiger partial charge in [0.15, 0.2) is 11.5 Å². The minimum Gasteiger partial charge on any atom is -0.504 e. The summed E-state index contributed by atoms with van der Waals surface area (Å²) in [4.78, 5) is 0. The van der Waals surface area contributed by atoms with Gasteiger partial charge in [0.25, 0.3) is 0 Å². The summed E-state index contributed by atoms with van der Waals surface area (Å²) >= 11 is 0. The number of benzene rings is 1. The van der Waals surface area contributed by atoms with E-state index in [9.17, 15) is 5.11 Å². The van der Waals surface area contributed by atoms with Crippen LogP contribution in [0.15, 0.2) is 18.2 Å². The van der Waals surface area contributed by atoms with Crippen LogP contribution in [0.5, 0.6) is 11.5 Å². The quantitative estimate of drug-likeness (QED) is 0.796. The van der Waals surface area contributed by atoms with Gasteiger partial charge in [-0.25, -0.2) is 0 Å². The third kappa shape index (κ3) is 3.13. The van der Waals surface area contributed by atoms with Gasteiger partial charge in [0.05, 0.1) is 6.61 Å². The molecule has 1 aliphatic rings. The molecule has 1 aromatic carbocycles. The molecule has 3 nitrogen and oxygen atoms in total. The van der Waals surface area contributed by atoms with Crippen molar-refractivity contribution < 1.29 is 9.84 Å². The third-order valence-electron chi connectivity index (χ3n) is 3.33. The van der Waals surface area contributed by atoms with Crippen LogP contribution in [0.3, 0.4) is 0 Å². The number of rotatable bonds is 6. The van der Waals surface area contributed by atoms with Gasteiger partial charge in [-0.15, -0.1) is 0 Å². The maximum Gasteiger partial charge on any atom is 0.162 e. The van der Waals surface area contributed by atoms with Crippen molar-refractivity contribution in [3.8, 4) is 11.5 Å². The van der Waals surface area contributed by atoms with Gasteiger partial charge >= 0.3 is 0 Å². The topological polar surface area (TPSA) is 41.5 Å². The summed E-state index contributed by atoms with van der Waals surface area (Å²) in [7, 11) is 0. The van der Waals surface area contributed by atoms with Crippen molar-refractivity contribution in [1.29, 1.82) is 0 Å². The van der Waals surface area contributed by atoms with Gasteiger partial charge < -0.3 is 15.2 Å². The van der Waals surface area contributed by atoms with Crippen LogP contribution in [0.4, 0.5) is 0 Å². The van der Waals surface area contributed by atoms with Crippen LogP contribution in [-0.2, 0) is 6.54 Å². The van der Waals surface area contributed by atoms with Crippen molar-refractivity contribution in [2.45, 2.75) is 39.3 Å². The van der Waals surface area contributed by atoms with E-state index in [2.05, 4.69) is 12.2 Å². The van der Waals surface area contributed by atoms with E-state index in [4.69, 9.17) is 4.74 Å². The second-order valence-corrected chi connectivity index (χ2v) is 4.70. The number of aromatic hydroxyl groups is 1. The highest BCUT2D eigenvalue weighted by molar-refractivity contribution is 5.45. The Morgan fingerprint density at radius 1 is 1.47 bits per heavy atom. The summed E-state index contributed by atoms with van der Waals surface area (Å²) in [5.74, 6) is 1.67. The van der Waals surface area contributed by atoms with Crippen LogP contribution in [0, 0.1) is 5.92 Å². The monoisotopic (exact) mass is 235 g/mol. The zero-order valence-corrected chi connectivity index (χ0v) is 10.6. The average Bonchev–Trinajstić information content (AvgIpc) is 3.14. The first kappa shape index (κ1) is 12.2. The molecule has 0 heterocycles. The minimum atomic E-state index is 0.268. The first-order chi connectivity index (χ1) is 8.22. The minimum absolute atomic E-state index is 0.268. The van der Waals surface area contributed by atoms with E-state index >= 15 is 0 Å². The Bertz CT molecular complexity index is 374. The molecule has 0 bridgehead atoms. The molecule has 17 heavy (non-hydrogen) atoms. The van der Waals surface area contributed by atoms with Gasteiger partial charge in [-0.05, 0) is 38.7 Å². The number of para-hydroxylation sites is 1. The van der Waals surface area contributed by atoms with Crippen LogP contribution in [-0.4, -0.2) is 17.8 Å². The van der Waals surface area contributed by atoms with E-state index in [-0.39, 0.29) is 5.75 Å². The lowest BCUT2D eigenvalue weighted by atomic mass is 10.1. The summed E-state index contributed by atoms with van der Waals surface area (Å²) in [6.07, 6.45) is 2.66. The van der Waals surface area contributed by atoms with E-state index in [1.807, 2.05) is 19.1 Å². The Labute approximate surface area is 103 Å². The van der Waals surface area contributed by atoms with E-state index in [0.29, 0.717) is 24.9 Å². The van der Waals surface area contributed by atoms with Crippen LogP contribution >= 0.6 is 0 Å². The van der Waals surface area contributed by atoms with E-state index in [1.54, 1.807) is 6.07 Å². The first-order valence-electron chi connectivity index (χ1n) is 6.39. The molecular formula is C14H21NO2. The summed E-state index contributed by atoms with van der Waals surface area (Å²) in [5, 5.41) is 13.5. The normalized spacial score (nSPS) is 16.8. The van der Waals surface area contributed by atoms with E-state index in [1.165, 1.54) is 12.8 Å². The zero-order chi connectivity index (χ0) is 12.3. The van der Waals surface area contributed by atoms with Crippen LogP contribution < -0.4 is 10.1 Å². The van der Waals surface area contributed by atoms with Crippen LogP contribution in [0.1, 0.15) is 32.3 Å². The molecule has 1 atom stereocenters. The number of phenolic OH excluding ortho intramolecular Hbond substituents is 1. The molecule has 1 aromatic rings. The first-order valence-corrected chi connectivity index (χ1v) is 6.39. The van der Waals surface area contributed by atoms with Crippen molar-refractivity contribution in [1.82, 2.24) is 5.32 Å². The average molecular weight is 235 g/mol. The number of hydrogen-bond acceptors (Lipinski definition) is 3. The van der Waals surface area contributed by atoms with Crippen molar-refractivity contribution in [2.24, 2.45) is 5.92 Å².